The highest BCUT2D eigenvalue weighted by Crippen LogP contribution is 2.44. The van der Waals surface area contributed by atoms with Crippen molar-refractivity contribution in [3.63, 3.8) is 0 Å². The number of carbonyl (C=O) groups is 1. The van der Waals surface area contributed by atoms with Gasteiger partial charge in [0.25, 0.3) is 0 Å². The number of hydrogen-bond acceptors (Lipinski definition) is 4. The molecule has 0 aliphatic heterocycles. The second-order valence-electron chi connectivity index (χ2n) is 6.85. The van der Waals surface area contributed by atoms with Crippen LogP contribution in [0.2, 0.25) is 15.1 Å². The molecule has 7 nitrogen and oxygen atoms in total. The molecule has 0 heterocycles. The number of amides is 2. The Morgan fingerprint density at radius 1 is 1.07 bits per heavy atom. The number of benzene rings is 2. The van der Waals surface area contributed by atoms with Gasteiger partial charge in [-0.15, -0.1) is 0 Å². The minimum absolute atomic E-state index is 0.00506. The zero-order chi connectivity index (χ0) is 21.4. The van der Waals surface area contributed by atoms with Gasteiger partial charge in [0.2, 0.25) is 10.0 Å². The van der Waals surface area contributed by atoms with Gasteiger partial charge in [-0.3, -0.25) is 4.90 Å². The summed E-state index contributed by atoms with van der Waals surface area (Å²) in [5.74, 6) is -0.765. The van der Waals surface area contributed by atoms with Crippen LogP contribution in [0.15, 0.2) is 35.2 Å². The largest absolute Gasteiger partial charge is 0.504 e. The molecule has 28 heavy (non-hydrogen) atoms. The summed E-state index contributed by atoms with van der Waals surface area (Å²) in [6.45, 7) is 4.88. The van der Waals surface area contributed by atoms with Gasteiger partial charge in [-0.25, -0.2) is 17.9 Å². The monoisotopic (exact) mass is 465 g/mol. The Balaban J connectivity index is 2.75. The first-order valence-electron chi connectivity index (χ1n) is 7.85. The Morgan fingerprint density at radius 3 is 2.21 bits per heavy atom. The number of hydrogen-bond donors (Lipinski definition) is 3. The molecular weight excluding hydrogens is 449 g/mol. The maximum atomic E-state index is 12.8. The number of carbonyl (C=O) groups excluding carboxylic acids is 1. The SMILES string of the molecule is CC(C)(C)NS(=O)(=O)c1c(Cl)ccc(N(C(N)=O)c2cccc(Cl)c2Cl)c1O. The lowest BCUT2D eigenvalue weighted by Gasteiger charge is -2.25. The predicted octanol–water partition coefficient (Wildman–Crippen LogP) is 4.65. The van der Waals surface area contributed by atoms with Crippen molar-refractivity contribution in [3.05, 3.63) is 45.4 Å². The van der Waals surface area contributed by atoms with E-state index in [1.165, 1.54) is 30.3 Å². The molecule has 2 aromatic carbocycles. The first-order chi connectivity index (χ1) is 12.8. The highest BCUT2D eigenvalue weighted by Gasteiger charge is 2.32. The van der Waals surface area contributed by atoms with E-state index in [2.05, 4.69) is 4.72 Å². The number of rotatable bonds is 4. The minimum atomic E-state index is -4.23. The van der Waals surface area contributed by atoms with E-state index in [-0.39, 0.29) is 26.4 Å². The van der Waals surface area contributed by atoms with Gasteiger partial charge in [0.1, 0.15) is 4.90 Å². The number of urea groups is 1. The molecule has 2 aromatic rings. The van der Waals surface area contributed by atoms with Crippen LogP contribution in [0.1, 0.15) is 20.8 Å². The van der Waals surface area contributed by atoms with E-state index in [0.717, 1.165) is 4.90 Å². The summed E-state index contributed by atoms with van der Waals surface area (Å²) < 4.78 is 27.9. The summed E-state index contributed by atoms with van der Waals surface area (Å²) >= 11 is 18.2. The van der Waals surface area contributed by atoms with Gasteiger partial charge >= 0.3 is 6.03 Å². The highest BCUT2D eigenvalue weighted by molar-refractivity contribution is 7.89. The average Bonchev–Trinajstić information content (AvgIpc) is 2.51. The van der Waals surface area contributed by atoms with Gasteiger partial charge in [0.15, 0.2) is 5.75 Å². The second-order valence-corrected chi connectivity index (χ2v) is 9.66. The van der Waals surface area contributed by atoms with E-state index in [1.807, 2.05) is 0 Å². The number of nitrogens with two attached hydrogens (primary N) is 1. The van der Waals surface area contributed by atoms with Crippen LogP contribution in [0.4, 0.5) is 16.2 Å². The normalized spacial score (nSPS) is 12.1. The first kappa shape index (κ1) is 22.6. The Kier molecular flexibility index (Phi) is 6.42. The van der Waals surface area contributed by atoms with Crippen molar-refractivity contribution in [1.82, 2.24) is 4.72 Å². The Hall–Kier alpha value is -1.71. The topological polar surface area (TPSA) is 113 Å². The number of sulfonamides is 1. The Labute approximate surface area is 178 Å². The fraction of sp³-hybridized carbons (Fsp3) is 0.235. The highest BCUT2D eigenvalue weighted by atomic mass is 35.5. The average molecular weight is 467 g/mol. The lowest BCUT2D eigenvalue weighted by atomic mass is 10.1. The number of nitrogens with one attached hydrogen (secondary N) is 1. The minimum Gasteiger partial charge on any atom is -0.504 e. The van der Waals surface area contributed by atoms with E-state index < -0.39 is 32.2 Å². The van der Waals surface area contributed by atoms with Crippen molar-refractivity contribution < 1.29 is 18.3 Å². The van der Waals surface area contributed by atoms with Crippen LogP contribution in [0.5, 0.6) is 5.75 Å². The number of phenols is 1. The van der Waals surface area contributed by atoms with Gasteiger partial charge in [0.05, 0.1) is 26.4 Å². The molecule has 0 radical (unpaired) electrons. The predicted molar refractivity (Wildman–Crippen MR) is 111 cm³/mol. The van der Waals surface area contributed by atoms with Gasteiger partial charge in [-0.2, -0.15) is 0 Å². The molecular formula is C17H18Cl3N3O4S. The van der Waals surface area contributed by atoms with Crippen LogP contribution in [0.3, 0.4) is 0 Å². The third-order valence-corrected chi connectivity index (χ3v) is 6.47. The fourth-order valence-corrected chi connectivity index (χ4v) is 4.89. The molecule has 4 N–H and O–H groups in total. The van der Waals surface area contributed by atoms with Crippen LogP contribution in [-0.2, 0) is 10.0 Å². The second kappa shape index (κ2) is 7.96. The Morgan fingerprint density at radius 2 is 1.68 bits per heavy atom. The molecule has 0 saturated carbocycles. The van der Waals surface area contributed by atoms with E-state index in [9.17, 15) is 18.3 Å². The van der Waals surface area contributed by atoms with Crippen LogP contribution in [0.25, 0.3) is 0 Å². The van der Waals surface area contributed by atoms with Gasteiger partial charge in [0, 0.05) is 5.54 Å². The molecule has 0 aliphatic rings. The maximum Gasteiger partial charge on any atom is 0.324 e. The van der Waals surface area contributed by atoms with Crippen molar-refractivity contribution in [2.24, 2.45) is 5.73 Å². The molecule has 2 rings (SSSR count). The lowest BCUT2D eigenvalue weighted by molar-refractivity contribution is 0.256. The summed E-state index contributed by atoms with van der Waals surface area (Å²) in [5, 5.41) is 10.6. The zero-order valence-corrected chi connectivity index (χ0v) is 18.2. The van der Waals surface area contributed by atoms with E-state index >= 15 is 0 Å². The number of anilines is 2. The molecule has 0 spiro atoms. The number of primary amides is 1. The molecule has 0 fully saturated rings. The standard InChI is InChI=1S/C17H18Cl3N3O4S/c1-17(2,3)22-28(26,27)15-10(19)7-8-12(14(15)24)23(16(21)25)11-6-4-5-9(18)13(11)20/h4-8,22,24H,1-3H3,(H2,21,25). The van der Waals surface area contributed by atoms with Crippen molar-refractivity contribution >= 4 is 62.2 Å². The number of phenolic OH excluding ortho intramolecular Hbond substituents is 1. The van der Waals surface area contributed by atoms with Gasteiger partial charge in [-0.1, -0.05) is 40.9 Å². The molecule has 2 amide bonds. The molecule has 0 aliphatic carbocycles. The van der Waals surface area contributed by atoms with Crippen LogP contribution >= 0.6 is 34.8 Å². The third kappa shape index (κ3) is 4.64. The summed E-state index contributed by atoms with van der Waals surface area (Å²) in [6.07, 6.45) is 0. The smallest absolute Gasteiger partial charge is 0.324 e. The van der Waals surface area contributed by atoms with Crippen LogP contribution < -0.4 is 15.4 Å². The number of halogens is 3. The Bertz CT molecular complexity index is 1040. The van der Waals surface area contributed by atoms with E-state index in [4.69, 9.17) is 40.5 Å². The molecule has 11 heteroatoms. The molecule has 0 bridgehead atoms. The maximum absolute atomic E-state index is 12.8. The quantitative estimate of drug-likeness (QED) is 0.609. The summed E-state index contributed by atoms with van der Waals surface area (Å²) in [7, 11) is -4.23. The van der Waals surface area contributed by atoms with Gasteiger partial charge < -0.3 is 10.8 Å². The van der Waals surface area contributed by atoms with Crippen molar-refractivity contribution in [2.75, 3.05) is 4.90 Å². The van der Waals surface area contributed by atoms with E-state index in [0.29, 0.717) is 0 Å². The zero-order valence-electron chi connectivity index (χ0n) is 15.1. The molecule has 152 valence electrons. The van der Waals surface area contributed by atoms with E-state index in [1.54, 1.807) is 20.8 Å². The first-order valence-corrected chi connectivity index (χ1v) is 10.5. The summed E-state index contributed by atoms with van der Waals surface area (Å²) in [6, 6.07) is 5.91. The molecule has 0 atom stereocenters. The van der Waals surface area contributed by atoms with Crippen LogP contribution in [-0.4, -0.2) is 25.1 Å². The fourth-order valence-electron chi connectivity index (χ4n) is 2.46. The van der Waals surface area contributed by atoms with Crippen molar-refractivity contribution in [2.45, 2.75) is 31.2 Å². The summed E-state index contributed by atoms with van der Waals surface area (Å²) in [4.78, 5) is 12.4. The number of nitrogens with zero attached hydrogens (tertiary/aromatic N) is 1. The summed E-state index contributed by atoms with van der Waals surface area (Å²) in [5.41, 5.74) is 4.46. The van der Waals surface area contributed by atoms with Gasteiger partial charge in [-0.05, 0) is 45.0 Å². The third-order valence-electron chi connectivity index (χ3n) is 3.40. The van der Waals surface area contributed by atoms with Crippen LogP contribution in [0, 0.1) is 0 Å². The molecule has 0 unspecified atom stereocenters. The molecule has 0 aromatic heterocycles. The van der Waals surface area contributed by atoms with Crippen molar-refractivity contribution in [1.29, 1.82) is 0 Å². The van der Waals surface area contributed by atoms with Crippen molar-refractivity contribution in [3.8, 4) is 5.75 Å². The molecule has 0 saturated heterocycles. The number of aromatic hydroxyl groups is 1. The lowest BCUT2D eigenvalue weighted by Crippen LogP contribution is -2.40.